The van der Waals surface area contributed by atoms with Crippen LogP contribution < -0.4 is 5.56 Å². The summed E-state index contributed by atoms with van der Waals surface area (Å²) in [4.78, 5) is 41.5. The minimum atomic E-state index is -0.501. The van der Waals surface area contributed by atoms with E-state index >= 15 is 0 Å². The molecule has 7 nitrogen and oxygen atoms in total. The molecule has 3 rings (SSSR count). The predicted molar refractivity (Wildman–Crippen MR) is 106 cm³/mol. The van der Waals surface area contributed by atoms with Crippen LogP contribution in [0.4, 0.5) is 0 Å². The lowest BCUT2D eigenvalue weighted by Crippen LogP contribution is -2.22. The van der Waals surface area contributed by atoms with Crippen molar-refractivity contribution in [2.24, 2.45) is 0 Å². The van der Waals surface area contributed by atoms with Gasteiger partial charge in [0.25, 0.3) is 5.56 Å². The fourth-order valence-electron chi connectivity index (χ4n) is 2.68. The second kappa shape index (κ2) is 8.79. The Morgan fingerprint density at radius 2 is 1.93 bits per heavy atom. The lowest BCUT2D eigenvalue weighted by Gasteiger charge is -2.07. The zero-order valence-electron chi connectivity index (χ0n) is 15.6. The number of unbranched alkanes of at least 4 members (excludes halogenated alkanes) is 1. The molecular weight excluding hydrogens is 380 g/mol. The lowest BCUT2D eigenvalue weighted by molar-refractivity contribution is 0.0501. The van der Waals surface area contributed by atoms with Crippen LogP contribution in [0, 0.1) is 0 Å². The van der Waals surface area contributed by atoms with Crippen LogP contribution in [-0.4, -0.2) is 35.2 Å². The second-order valence-corrected chi connectivity index (χ2v) is 7.04. The molecule has 0 unspecified atom stereocenters. The number of fused-ring (bicyclic) bond motifs is 1. The van der Waals surface area contributed by atoms with Gasteiger partial charge < -0.3 is 9.47 Å². The predicted octanol–water partition coefficient (Wildman–Crippen LogP) is 3.25. The first-order valence-electron chi connectivity index (χ1n) is 8.86. The van der Waals surface area contributed by atoms with E-state index in [0.29, 0.717) is 17.0 Å². The molecule has 2 heterocycles. The van der Waals surface area contributed by atoms with E-state index in [-0.39, 0.29) is 23.1 Å². The first kappa shape index (κ1) is 19.8. The Morgan fingerprint density at radius 3 is 2.61 bits per heavy atom. The number of thiophene rings is 1. The number of hydrogen-bond donors (Lipinski definition) is 0. The molecule has 0 spiro atoms. The molecule has 0 radical (unpaired) electrons. The molecule has 28 heavy (non-hydrogen) atoms. The normalized spacial score (nSPS) is 10.8. The van der Waals surface area contributed by atoms with E-state index in [1.54, 1.807) is 29.6 Å². The smallest absolute Gasteiger partial charge is 0.339 e. The zero-order valence-corrected chi connectivity index (χ0v) is 16.5. The zero-order chi connectivity index (χ0) is 20.1. The maximum atomic E-state index is 12.9. The van der Waals surface area contributed by atoms with Crippen molar-refractivity contribution in [2.45, 2.75) is 26.3 Å². The topological polar surface area (TPSA) is 87.5 Å². The molecular formula is C20H20N2O5S. The summed E-state index contributed by atoms with van der Waals surface area (Å²) in [6.07, 6.45) is 3.15. The Morgan fingerprint density at radius 1 is 1.18 bits per heavy atom. The van der Waals surface area contributed by atoms with Crippen LogP contribution in [0.15, 0.2) is 40.8 Å². The summed E-state index contributed by atoms with van der Waals surface area (Å²) in [5.41, 5.74) is 1.20. The molecule has 0 atom stereocenters. The minimum Gasteiger partial charge on any atom is -0.465 e. The van der Waals surface area contributed by atoms with Gasteiger partial charge in [-0.1, -0.05) is 25.5 Å². The van der Waals surface area contributed by atoms with E-state index in [0.717, 1.165) is 18.4 Å². The van der Waals surface area contributed by atoms with Gasteiger partial charge in [-0.05, 0) is 24.1 Å². The van der Waals surface area contributed by atoms with Gasteiger partial charge in [-0.3, -0.25) is 9.36 Å². The average Bonchev–Trinajstić information content (AvgIpc) is 3.15. The van der Waals surface area contributed by atoms with Gasteiger partial charge in [0.05, 0.1) is 43.1 Å². The summed E-state index contributed by atoms with van der Waals surface area (Å²) in [5.74, 6) is -0.921. The summed E-state index contributed by atoms with van der Waals surface area (Å²) in [6, 6.07) is 6.77. The molecule has 8 heteroatoms. The molecule has 0 amide bonds. The Bertz CT molecular complexity index is 1050. The molecule has 0 saturated heterocycles. The molecule has 0 bridgehead atoms. The van der Waals surface area contributed by atoms with Crippen molar-refractivity contribution in [2.75, 3.05) is 13.7 Å². The standard InChI is InChI=1S/C20H20N2O5S/c1-3-4-9-27-20(25)15-11-28-17-16(15)18(23)22(12-21-17)10-13-5-7-14(8-6-13)19(24)26-2/h5-8,11-12H,3-4,9-10H2,1-2H3. The minimum absolute atomic E-state index is 0.254. The number of methoxy groups -OCH3 is 1. The number of hydrogen-bond acceptors (Lipinski definition) is 7. The fourth-order valence-corrected chi connectivity index (χ4v) is 3.54. The summed E-state index contributed by atoms with van der Waals surface area (Å²) in [6.45, 7) is 2.60. The molecule has 0 fully saturated rings. The van der Waals surface area contributed by atoms with E-state index in [1.165, 1.54) is 29.3 Å². The molecule has 2 aromatic heterocycles. The molecule has 0 aliphatic carbocycles. The summed E-state index contributed by atoms with van der Waals surface area (Å²) >= 11 is 1.24. The van der Waals surface area contributed by atoms with Gasteiger partial charge in [0.1, 0.15) is 4.83 Å². The highest BCUT2D eigenvalue weighted by Crippen LogP contribution is 2.22. The van der Waals surface area contributed by atoms with Crippen molar-refractivity contribution >= 4 is 33.5 Å². The number of ether oxygens (including phenoxy) is 2. The van der Waals surface area contributed by atoms with Crippen LogP contribution in [0.25, 0.3) is 10.2 Å². The Labute approximate surface area is 165 Å². The van der Waals surface area contributed by atoms with Gasteiger partial charge >= 0.3 is 11.9 Å². The highest BCUT2D eigenvalue weighted by molar-refractivity contribution is 7.17. The van der Waals surface area contributed by atoms with Crippen molar-refractivity contribution in [3.05, 3.63) is 63.0 Å². The van der Waals surface area contributed by atoms with E-state index in [1.807, 2.05) is 6.92 Å². The molecule has 146 valence electrons. The number of carbonyl (C=O) groups is 2. The van der Waals surface area contributed by atoms with Gasteiger partial charge in [-0.25, -0.2) is 14.6 Å². The third kappa shape index (κ3) is 4.12. The van der Waals surface area contributed by atoms with Crippen LogP contribution in [0.1, 0.15) is 46.0 Å². The van der Waals surface area contributed by atoms with E-state index < -0.39 is 11.9 Å². The molecule has 0 N–H and O–H groups in total. The van der Waals surface area contributed by atoms with Crippen molar-refractivity contribution in [1.29, 1.82) is 0 Å². The molecule has 3 aromatic rings. The third-order valence-electron chi connectivity index (χ3n) is 4.24. The number of nitrogens with zero attached hydrogens (tertiary/aromatic N) is 2. The summed E-state index contributed by atoms with van der Waals surface area (Å²) in [7, 11) is 1.32. The van der Waals surface area contributed by atoms with Crippen molar-refractivity contribution in [1.82, 2.24) is 9.55 Å². The molecule has 0 aliphatic heterocycles. The Kier molecular flexibility index (Phi) is 6.20. The average molecular weight is 400 g/mol. The number of rotatable bonds is 7. The Hall–Kier alpha value is -3.00. The van der Waals surface area contributed by atoms with Gasteiger partial charge in [0, 0.05) is 5.38 Å². The van der Waals surface area contributed by atoms with Crippen LogP contribution in [0.2, 0.25) is 0 Å². The molecule has 0 aliphatic rings. The number of carbonyl (C=O) groups excluding carboxylic acids is 2. The maximum Gasteiger partial charge on any atom is 0.339 e. The van der Waals surface area contributed by atoms with Crippen molar-refractivity contribution in [3.63, 3.8) is 0 Å². The SMILES string of the molecule is CCCCOC(=O)c1csc2ncn(Cc3ccc(C(=O)OC)cc3)c(=O)c12. The van der Waals surface area contributed by atoms with Crippen LogP contribution in [-0.2, 0) is 16.0 Å². The van der Waals surface area contributed by atoms with E-state index in [9.17, 15) is 14.4 Å². The lowest BCUT2D eigenvalue weighted by atomic mass is 10.1. The van der Waals surface area contributed by atoms with Crippen molar-refractivity contribution < 1.29 is 19.1 Å². The van der Waals surface area contributed by atoms with Crippen molar-refractivity contribution in [3.8, 4) is 0 Å². The van der Waals surface area contributed by atoms with Gasteiger partial charge in [-0.2, -0.15) is 0 Å². The highest BCUT2D eigenvalue weighted by Gasteiger charge is 2.18. The van der Waals surface area contributed by atoms with E-state index in [2.05, 4.69) is 9.72 Å². The first-order chi connectivity index (χ1) is 13.5. The largest absolute Gasteiger partial charge is 0.465 e. The third-order valence-corrected chi connectivity index (χ3v) is 5.13. The quantitative estimate of drug-likeness (QED) is 0.447. The maximum absolute atomic E-state index is 12.9. The molecule has 1 aromatic carbocycles. The van der Waals surface area contributed by atoms with Gasteiger partial charge in [0.2, 0.25) is 0 Å². The summed E-state index contributed by atoms with van der Waals surface area (Å²) < 4.78 is 11.4. The second-order valence-electron chi connectivity index (χ2n) is 6.19. The fraction of sp³-hybridized carbons (Fsp3) is 0.300. The monoisotopic (exact) mass is 400 g/mol. The molecule has 0 saturated carbocycles. The number of benzene rings is 1. The van der Waals surface area contributed by atoms with Crippen LogP contribution in [0.3, 0.4) is 0 Å². The number of aromatic nitrogens is 2. The van der Waals surface area contributed by atoms with Gasteiger partial charge in [-0.15, -0.1) is 11.3 Å². The van der Waals surface area contributed by atoms with Crippen LogP contribution >= 0.6 is 11.3 Å². The number of esters is 2. The Balaban J connectivity index is 1.87. The highest BCUT2D eigenvalue weighted by atomic mass is 32.1. The van der Waals surface area contributed by atoms with Crippen LogP contribution in [0.5, 0.6) is 0 Å². The van der Waals surface area contributed by atoms with E-state index in [4.69, 9.17) is 4.74 Å². The summed E-state index contributed by atoms with van der Waals surface area (Å²) in [5, 5.41) is 1.89. The first-order valence-corrected chi connectivity index (χ1v) is 9.74. The van der Waals surface area contributed by atoms with Gasteiger partial charge in [0.15, 0.2) is 0 Å².